The Kier molecular flexibility index (Phi) is 4.90. The Hall–Kier alpha value is -3.08. The number of rotatable bonds is 6. The van der Waals surface area contributed by atoms with Crippen molar-refractivity contribution in [2.24, 2.45) is 0 Å². The maximum Gasteiger partial charge on any atom is 0.311 e. The highest BCUT2D eigenvalue weighted by Crippen LogP contribution is 2.27. The lowest BCUT2D eigenvalue weighted by Crippen LogP contribution is -2.33. The number of amides is 1. The second-order valence-corrected chi connectivity index (χ2v) is 7.43. The third-order valence-corrected chi connectivity index (χ3v) is 5.12. The number of hydrogen-bond acceptors (Lipinski definition) is 4. The molecule has 0 aliphatic heterocycles. The van der Waals surface area contributed by atoms with Crippen molar-refractivity contribution < 1.29 is 18.7 Å². The van der Waals surface area contributed by atoms with Gasteiger partial charge in [0.25, 0.3) is 5.91 Å². The predicted octanol–water partition coefficient (Wildman–Crippen LogP) is 4.16. The molecular weight excluding hydrogens is 354 g/mol. The zero-order valence-electron chi connectivity index (χ0n) is 16.0. The lowest BCUT2D eigenvalue weighted by Gasteiger charge is -2.18. The van der Waals surface area contributed by atoms with E-state index < -0.39 is 12.1 Å². The van der Waals surface area contributed by atoms with Gasteiger partial charge in [0.1, 0.15) is 5.58 Å². The monoisotopic (exact) mass is 377 g/mol. The molecule has 0 saturated heterocycles. The van der Waals surface area contributed by atoms with Gasteiger partial charge in [-0.25, -0.2) is 0 Å². The van der Waals surface area contributed by atoms with E-state index >= 15 is 0 Å². The summed E-state index contributed by atoms with van der Waals surface area (Å²) in [4.78, 5) is 25.3. The van der Waals surface area contributed by atoms with E-state index in [4.69, 9.17) is 9.15 Å². The third kappa shape index (κ3) is 3.93. The highest BCUT2D eigenvalue weighted by Gasteiger charge is 2.31. The largest absolute Gasteiger partial charge is 0.464 e. The molecule has 0 spiro atoms. The fourth-order valence-corrected chi connectivity index (χ4v) is 3.21. The van der Waals surface area contributed by atoms with Gasteiger partial charge in [0.2, 0.25) is 6.10 Å². The summed E-state index contributed by atoms with van der Waals surface area (Å²) in [5.74, 6) is -0.730. The minimum atomic E-state index is -0.948. The Labute approximate surface area is 163 Å². The Bertz CT molecular complexity index is 1020. The molecule has 5 nitrogen and oxygen atoms in total. The lowest BCUT2D eigenvalue weighted by molar-refractivity contribution is -0.155. The Balaban J connectivity index is 1.53. The van der Waals surface area contributed by atoms with Crippen molar-refractivity contribution in [1.29, 1.82) is 0 Å². The lowest BCUT2D eigenvalue weighted by atomic mass is 10.0. The quantitative estimate of drug-likeness (QED) is 0.655. The number of carbonyl (C=O) groups excluding carboxylic acids is 2. The normalized spacial score (nSPS) is 14.6. The smallest absolute Gasteiger partial charge is 0.311 e. The second-order valence-electron chi connectivity index (χ2n) is 7.43. The summed E-state index contributed by atoms with van der Waals surface area (Å²) in [5, 5.41) is 3.83. The standard InChI is InChI=1S/C23H23NO4/c1-14-10-19-17(13-27-20(19)11-15(14)2)12-21(25)28-22(16-6-4-3-5-7-16)23(26)24-18-8-9-18/h3-7,10-11,13,18,22H,8-9,12H2,1-2H3,(H,24,26)/t22-/m0/s1. The van der Waals surface area contributed by atoms with Crippen molar-refractivity contribution in [1.82, 2.24) is 5.32 Å². The van der Waals surface area contributed by atoms with E-state index in [0.717, 1.165) is 40.5 Å². The summed E-state index contributed by atoms with van der Waals surface area (Å²) in [6.45, 7) is 4.05. The molecule has 0 unspecified atom stereocenters. The summed E-state index contributed by atoms with van der Waals surface area (Å²) >= 11 is 0. The number of ether oxygens (including phenoxy) is 1. The number of hydrogen-bond donors (Lipinski definition) is 1. The van der Waals surface area contributed by atoms with Crippen LogP contribution >= 0.6 is 0 Å². The Morgan fingerprint density at radius 1 is 1.14 bits per heavy atom. The average molecular weight is 377 g/mol. The average Bonchev–Trinajstić information content (AvgIpc) is 3.42. The molecule has 1 amide bonds. The van der Waals surface area contributed by atoms with E-state index in [2.05, 4.69) is 5.32 Å². The van der Waals surface area contributed by atoms with Crippen molar-refractivity contribution in [2.45, 2.75) is 45.3 Å². The first kappa shape index (κ1) is 18.3. The first-order valence-electron chi connectivity index (χ1n) is 9.53. The highest BCUT2D eigenvalue weighted by atomic mass is 16.5. The van der Waals surface area contributed by atoms with E-state index in [1.165, 1.54) is 0 Å². The van der Waals surface area contributed by atoms with Crippen LogP contribution in [0.25, 0.3) is 11.0 Å². The van der Waals surface area contributed by atoms with Gasteiger partial charge in [-0.2, -0.15) is 0 Å². The van der Waals surface area contributed by atoms with Gasteiger partial charge in [-0.1, -0.05) is 30.3 Å². The first-order valence-corrected chi connectivity index (χ1v) is 9.53. The van der Waals surface area contributed by atoms with Crippen molar-refractivity contribution in [3.63, 3.8) is 0 Å². The number of fused-ring (bicyclic) bond motifs is 1. The molecule has 1 aliphatic rings. The predicted molar refractivity (Wildman–Crippen MR) is 106 cm³/mol. The zero-order chi connectivity index (χ0) is 19.7. The molecule has 1 aromatic heterocycles. The van der Waals surface area contributed by atoms with E-state index in [1.54, 1.807) is 18.4 Å². The van der Waals surface area contributed by atoms with Crippen molar-refractivity contribution >= 4 is 22.8 Å². The summed E-state index contributed by atoms with van der Waals surface area (Å²) in [5.41, 5.74) is 4.44. The molecule has 1 N–H and O–H groups in total. The maximum atomic E-state index is 12.7. The van der Waals surface area contributed by atoms with Gasteiger partial charge in [-0.3, -0.25) is 9.59 Å². The molecule has 1 aliphatic carbocycles. The van der Waals surface area contributed by atoms with Crippen LogP contribution in [0.15, 0.2) is 53.1 Å². The number of aryl methyl sites for hydroxylation is 2. The van der Waals surface area contributed by atoms with Crippen LogP contribution in [-0.4, -0.2) is 17.9 Å². The van der Waals surface area contributed by atoms with Gasteiger partial charge in [0.15, 0.2) is 0 Å². The fraction of sp³-hybridized carbons (Fsp3) is 0.304. The molecule has 1 fully saturated rings. The SMILES string of the molecule is Cc1cc2occ(CC(=O)O[C@H](C(=O)NC3CC3)c3ccccc3)c2cc1C. The van der Waals surface area contributed by atoms with Crippen LogP contribution in [0.5, 0.6) is 0 Å². The molecule has 0 bridgehead atoms. The Morgan fingerprint density at radius 2 is 1.86 bits per heavy atom. The molecule has 5 heteroatoms. The summed E-state index contributed by atoms with van der Waals surface area (Å²) in [7, 11) is 0. The fourth-order valence-electron chi connectivity index (χ4n) is 3.21. The second kappa shape index (κ2) is 7.50. The number of esters is 1. The van der Waals surface area contributed by atoms with Gasteiger partial charge < -0.3 is 14.5 Å². The zero-order valence-corrected chi connectivity index (χ0v) is 16.0. The molecule has 2 aromatic carbocycles. The summed E-state index contributed by atoms with van der Waals surface area (Å²) in [6.07, 6.45) is 2.64. The van der Waals surface area contributed by atoms with Crippen LogP contribution in [0.2, 0.25) is 0 Å². The number of benzene rings is 2. The first-order chi connectivity index (χ1) is 13.5. The number of nitrogens with one attached hydrogen (secondary N) is 1. The molecule has 1 saturated carbocycles. The molecule has 144 valence electrons. The molecule has 28 heavy (non-hydrogen) atoms. The molecule has 1 atom stereocenters. The van der Waals surface area contributed by atoms with E-state index in [1.807, 2.05) is 44.2 Å². The van der Waals surface area contributed by atoms with Crippen LogP contribution in [0.4, 0.5) is 0 Å². The minimum absolute atomic E-state index is 0.0511. The number of furan rings is 1. The van der Waals surface area contributed by atoms with Crippen LogP contribution in [0.3, 0.4) is 0 Å². The van der Waals surface area contributed by atoms with Gasteiger partial charge in [0.05, 0.1) is 12.7 Å². The molecular formula is C23H23NO4. The third-order valence-electron chi connectivity index (χ3n) is 5.12. The molecule has 0 radical (unpaired) electrons. The van der Waals surface area contributed by atoms with Crippen LogP contribution in [0.1, 0.15) is 41.2 Å². The molecule has 3 aromatic rings. The highest BCUT2D eigenvalue weighted by molar-refractivity contribution is 5.89. The van der Waals surface area contributed by atoms with Crippen LogP contribution < -0.4 is 5.32 Å². The number of carbonyl (C=O) groups is 2. The summed E-state index contributed by atoms with van der Waals surface area (Å²) < 4.78 is 11.2. The van der Waals surface area contributed by atoms with E-state index in [9.17, 15) is 9.59 Å². The minimum Gasteiger partial charge on any atom is -0.464 e. The topological polar surface area (TPSA) is 68.5 Å². The van der Waals surface area contributed by atoms with Gasteiger partial charge in [0, 0.05) is 22.6 Å². The van der Waals surface area contributed by atoms with Crippen molar-refractivity contribution in [2.75, 3.05) is 0 Å². The van der Waals surface area contributed by atoms with Crippen LogP contribution in [-0.2, 0) is 20.7 Å². The van der Waals surface area contributed by atoms with Gasteiger partial charge in [-0.15, -0.1) is 0 Å². The van der Waals surface area contributed by atoms with Gasteiger partial charge >= 0.3 is 5.97 Å². The van der Waals surface area contributed by atoms with Crippen molar-refractivity contribution in [3.05, 3.63) is 71.0 Å². The maximum absolute atomic E-state index is 12.7. The van der Waals surface area contributed by atoms with Crippen molar-refractivity contribution in [3.8, 4) is 0 Å². The van der Waals surface area contributed by atoms with Gasteiger partial charge in [-0.05, 0) is 49.9 Å². The molecule has 4 rings (SSSR count). The molecule has 1 heterocycles. The summed E-state index contributed by atoms with van der Waals surface area (Å²) in [6, 6.07) is 13.3. The Morgan fingerprint density at radius 3 is 2.57 bits per heavy atom. The van der Waals surface area contributed by atoms with E-state index in [-0.39, 0.29) is 18.4 Å². The van der Waals surface area contributed by atoms with E-state index in [0.29, 0.717) is 5.56 Å². The van der Waals surface area contributed by atoms with Crippen LogP contribution in [0, 0.1) is 13.8 Å².